The largest absolute Gasteiger partial charge is 0.383 e. The first-order valence-electron chi connectivity index (χ1n) is 2.73. The highest BCUT2D eigenvalue weighted by atomic mass is 35.5. The molecule has 0 bridgehead atoms. The van der Waals surface area contributed by atoms with Crippen LogP contribution in [0.5, 0.6) is 0 Å². The van der Waals surface area contributed by atoms with E-state index in [1.54, 1.807) is 0 Å². The van der Waals surface area contributed by atoms with Crippen LogP contribution < -0.4 is 5.73 Å². The molecular formula is C6H4ClFN2O. The lowest BCUT2D eigenvalue weighted by molar-refractivity contribution is 0.108. The van der Waals surface area contributed by atoms with E-state index in [9.17, 15) is 9.18 Å². The fourth-order valence-electron chi connectivity index (χ4n) is 0.616. The van der Waals surface area contributed by atoms with Crippen molar-refractivity contribution in [1.82, 2.24) is 4.98 Å². The Labute approximate surface area is 67.0 Å². The Kier molecular flexibility index (Phi) is 2.05. The van der Waals surface area contributed by atoms with E-state index >= 15 is 0 Å². The van der Waals surface area contributed by atoms with Crippen LogP contribution in [0.3, 0.4) is 0 Å². The van der Waals surface area contributed by atoms with Gasteiger partial charge in [-0.3, -0.25) is 4.79 Å². The maximum absolute atomic E-state index is 12.3. The van der Waals surface area contributed by atoms with Crippen LogP contribution in [0.25, 0.3) is 0 Å². The Morgan fingerprint density at radius 2 is 2.27 bits per heavy atom. The number of hydrogen-bond acceptors (Lipinski definition) is 3. The van der Waals surface area contributed by atoms with Crippen LogP contribution in [0, 0.1) is 5.95 Å². The molecular weight excluding hydrogens is 171 g/mol. The van der Waals surface area contributed by atoms with Crippen molar-refractivity contribution in [2.75, 3.05) is 5.73 Å². The monoisotopic (exact) mass is 174 g/mol. The van der Waals surface area contributed by atoms with E-state index < -0.39 is 11.2 Å². The van der Waals surface area contributed by atoms with Crippen LogP contribution in [0.15, 0.2) is 12.1 Å². The Morgan fingerprint density at radius 3 is 2.73 bits per heavy atom. The van der Waals surface area contributed by atoms with Crippen LogP contribution in [0.4, 0.5) is 10.2 Å². The normalized spacial score (nSPS) is 9.64. The van der Waals surface area contributed by atoms with E-state index in [2.05, 4.69) is 4.98 Å². The molecule has 0 aromatic carbocycles. The highest BCUT2D eigenvalue weighted by Crippen LogP contribution is 2.11. The minimum atomic E-state index is -0.741. The molecule has 11 heavy (non-hydrogen) atoms. The summed E-state index contributed by atoms with van der Waals surface area (Å²) in [5, 5.41) is -0.741. The zero-order valence-electron chi connectivity index (χ0n) is 5.34. The summed E-state index contributed by atoms with van der Waals surface area (Å²) >= 11 is 5.08. The standard InChI is InChI=1S/C6H4ClFN2O/c7-5(11)3-1-2-4(8)10-6(3)9/h1-2H,(H2,9,10). The fraction of sp³-hybridized carbons (Fsp3) is 0. The molecule has 1 rings (SSSR count). The third-order valence-electron chi connectivity index (χ3n) is 1.10. The van der Waals surface area contributed by atoms with Gasteiger partial charge in [-0.15, -0.1) is 0 Å². The number of carbonyl (C=O) groups excluding carboxylic acids is 1. The van der Waals surface area contributed by atoms with Gasteiger partial charge in [0.1, 0.15) is 5.82 Å². The molecule has 0 amide bonds. The van der Waals surface area contributed by atoms with Crippen molar-refractivity contribution >= 4 is 22.7 Å². The van der Waals surface area contributed by atoms with Crippen molar-refractivity contribution in [3.05, 3.63) is 23.6 Å². The van der Waals surface area contributed by atoms with Crippen molar-refractivity contribution in [2.45, 2.75) is 0 Å². The molecule has 1 aromatic rings. The predicted octanol–water partition coefficient (Wildman–Crippen LogP) is 1.18. The molecule has 2 N–H and O–H groups in total. The summed E-state index contributed by atoms with van der Waals surface area (Å²) in [6.45, 7) is 0. The van der Waals surface area contributed by atoms with E-state index in [1.165, 1.54) is 6.07 Å². The lowest BCUT2D eigenvalue weighted by atomic mass is 10.3. The van der Waals surface area contributed by atoms with Crippen molar-refractivity contribution in [2.24, 2.45) is 0 Å². The second kappa shape index (κ2) is 2.84. The smallest absolute Gasteiger partial charge is 0.256 e. The van der Waals surface area contributed by atoms with Gasteiger partial charge in [0.2, 0.25) is 5.95 Å². The van der Waals surface area contributed by atoms with Crippen LogP contribution in [0.1, 0.15) is 10.4 Å². The summed E-state index contributed by atoms with van der Waals surface area (Å²) in [6, 6.07) is 2.21. The molecule has 0 aliphatic heterocycles. The summed E-state index contributed by atoms with van der Waals surface area (Å²) in [4.78, 5) is 13.7. The van der Waals surface area contributed by atoms with E-state index in [1.807, 2.05) is 0 Å². The van der Waals surface area contributed by atoms with E-state index in [4.69, 9.17) is 17.3 Å². The quantitative estimate of drug-likeness (QED) is 0.514. The number of rotatable bonds is 1. The van der Waals surface area contributed by atoms with Crippen LogP contribution in [0.2, 0.25) is 0 Å². The maximum atomic E-state index is 12.3. The zero-order chi connectivity index (χ0) is 8.43. The first-order valence-corrected chi connectivity index (χ1v) is 3.11. The van der Waals surface area contributed by atoms with Crippen LogP contribution >= 0.6 is 11.6 Å². The van der Waals surface area contributed by atoms with Crippen molar-refractivity contribution in [3.8, 4) is 0 Å². The van der Waals surface area contributed by atoms with E-state index in [-0.39, 0.29) is 11.4 Å². The highest BCUT2D eigenvalue weighted by Gasteiger charge is 2.07. The Hall–Kier alpha value is -1.16. The molecule has 0 saturated heterocycles. The number of carbonyl (C=O) groups is 1. The van der Waals surface area contributed by atoms with Crippen LogP contribution in [-0.2, 0) is 0 Å². The number of halogens is 2. The summed E-state index contributed by atoms with van der Waals surface area (Å²) in [5.74, 6) is -0.922. The fourth-order valence-corrected chi connectivity index (χ4v) is 0.776. The lowest BCUT2D eigenvalue weighted by Crippen LogP contribution is -2.01. The molecule has 0 radical (unpaired) electrons. The van der Waals surface area contributed by atoms with E-state index in [0.717, 1.165) is 6.07 Å². The Balaban J connectivity index is 3.20. The van der Waals surface area contributed by atoms with Crippen LogP contribution in [-0.4, -0.2) is 10.2 Å². The minimum absolute atomic E-state index is 0.0214. The molecule has 1 aromatic heterocycles. The summed E-state index contributed by atoms with van der Waals surface area (Å²) in [7, 11) is 0. The number of nitrogen functional groups attached to an aromatic ring is 1. The van der Waals surface area contributed by atoms with Gasteiger partial charge in [-0.2, -0.15) is 4.39 Å². The molecule has 0 aliphatic carbocycles. The first-order chi connectivity index (χ1) is 5.11. The summed E-state index contributed by atoms with van der Waals surface area (Å²) in [6.07, 6.45) is 0. The van der Waals surface area contributed by atoms with Gasteiger partial charge in [-0.1, -0.05) is 0 Å². The van der Waals surface area contributed by atoms with Gasteiger partial charge in [0, 0.05) is 0 Å². The second-order valence-electron chi connectivity index (χ2n) is 1.84. The molecule has 1 heterocycles. The topological polar surface area (TPSA) is 56.0 Å². The third kappa shape index (κ3) is 1.65. The van der Waals surface area contributed by atoms with Gasteiger partial charge in [-0.25, -0.2) is 4.98 Å². The van der Waals surface area contributed by atoms with Gasteiger partial charge in [0.05, 0.1) is 5.56 Å². The maximum Gasteiger partial charge on any atom is 0.256 e. The SMILES string of the molecule is Nc1nc(F)ccc1C(=O)Cl. The molecule has 0 spiro atoms. The highest BCUT2D eigenvalue weighted by molar-refractivity contribution is 6.68. The molecule has 0 fully saturated rings. The number of nitrogens with zero attached hydrogens (tertiary/aromatic N) is 1. The number of nitrogens with two attached hydrogens (primary N) is 1. The predicted molar refractivity (Wildman–Crippen MR) is 38.8 cm³/mol. The zero-order valence-corrected chi connectivity index (χ0v) is 6.10. The van der Waals surface area contributed by atoms with Crippen molar-refractivity contribution in [1.29, 1.82) is 0 Å². The molecule has 0 atom stereocenters. The minimum Gasteiger partial charge on any atom is -0.383 e. The third-order valence-corrected chi connectivity index (χ3v) is 1.31. The van der Waals surface area contributed by atoms with E-state index in [0.29, 0.717) is 0 Å². The summed E-state index contributed by atoms with van der Waals surface area (Å²) < 4.78 is 12.3. The second-order valence-corrected chi connectivity index (χ2v) is 2.18. The first kappa shape index (κ1) is 7.94. The molecule has 0 unspecified atom stereocenters. The molecule has 5 heteroatoms. The molecule has 58 valence electrons. The van der Waals surface area contributed by atoms with Crippen molar-refractivity contribution in [3.63, 3.8) is 0 Å². The Bertz CT molecular complexity index is 303. The Morgan fingerprint density at radius 1 is 1.64 bits per heavy atom. The number of anilines is 1. The lowest BCUT2D eigenvalue weighted by Gasteiger charge is -1.96. The van der Waals surface area contributed by atoms with Crippen molar-refractivity contribution < 1.29 is 9.18 Å². The summed E-state index contributed by atoms with van der Waals surface area (Å²) in [5.41, 5.74) is 5.19. The van der Waals surface area contributed by atoms with Gasteiger partial charge < -0.3 is 5.73 Å². The average Bonchev–Trinajstić information content (AvgIpc) is 1.85. The van der Waals surface area contributed by atoms with Gasteiger partial charge in [-0.05, 0) is 23.7 Å². The number of hydrogen-bond donors (Lipinski definition) is 1. The average molecular weight is 175 g/mol. The number of aromatic nitrogens is 1. The number of pyridine rings is 1. The molecule has 0 aliphatic rings. The molecule has 3 nitrogen and oxygen atoms in total. The molecule has 0 saturated carbocycles. The van der Waals surface area contributed by atoms with Gasteiger partial charge in [0.25, 0.3) is 5.24 Å². The van der Waals surface area contributed by atoms with Gasteiger partial charge in [0.15, 0.2) is 0 Å². The van der Waals surface area contributed by atoms with Gasteiger partial charge >= 0.3 is 0 Å².